The largest absolute Gasteiger partial charge is 0.494 e. The molecule has 2 aromatic rings. The molecule has 2 aromatic carbocycles. The van der Waals surface area contributed by atoms with E-state index < -0.39 is 0 Å². The maximum absolute atomic E-state index is 5.81. The van der Waals surface area contributed by atoms with Crippen LogP contribution in [-0.2, 0) is 0 Å². The van der Waals surface area contributed by atoms with Crippen molar-refractivity contribution < 1.29 is 9.47 Å². The van der Waals surface area contributed by atoms with Crippen molar-refractivity contribution in [1.82, 2.24) is 0 Å². The Morgan fingerprint density at radius 2 is 1.44 bits per heavy atom. The van der Waals surface area contributed by atoms with Gasteiger partial charge in [-0.1, -0.05) is 33.8 Å². The Kier molecular flexibility index (Phi) is 8.82. The van der Waals surface area contributed by atoms with Gasteiger partial charge in [-0.3, -0.25) is 0 Å². The van der Waals surface area contributed by atoms with E-state index in [4.69, 9.17) is 9.47 Å². The molecule has 2 rings (SSSR count). The summed E-state index contributed by atoms with van der Waals surface area (Å²) < 4.78 is 11.5. The molecule has 0 aliphatic heterocycles. The number of benzene rings is 2. The van der Waals surface area contributed by atoms with E-state index in [1.165, 1.54) is 0 Å². The van der Waals surface area contributed by atoms with Gasteiger partial charge in [-0.2, -0.15) is 0 Å². The highest BCUT2D eigenvalue weighted by molar-refractivity contribution is 5.49. The summed E-state index contributed by atoms with van der Waals surface area (Å²) in [5.41, 5.74) is 2.18. The van der Waals surface area contributed by atoms with Gasteiger partial charge in [0.05, 0.1) is 13.2 Å². The summed E-state index contributed by atoms with van der Waals surface area (Å²) in [6.07, 6.45) is 1.07. The molecule has 0 aliphatic carbocycles. The first kappa shape index (κ1) is 20.9. The Labute approximate surface area is 164 Å². The summed E-state index contributed by atoms with van der Waals surface area (Å²) in [6, 6.07) is 16.3. The molecule has 0 aliphatic rings. The fraction of sp³-hybridized carbons (Fsp3) is 0.478. The number of rotatable bonds is 12. The zero-order chi connectivity index (χ0) is 19.5. The first-order valence-corrected chi connectivity index (χ1v) is 9.96. The summed E-state index contributed by atoms with van der Waals surface area (Å²) in [5.74, 6) is 3.04. The molecular weight excluding hydrogens is 336 g/mol. The van der Waals surface area contributed by atoms with Gasteiger partial charge in [-0.25, -0.2) is 0 Å². The molecule has 0 saturated carbocycles. The SMILES string of the molecule is CC(C)CCOc1cccc(NCCNc2ccc(OCC(C)C)cc2)c1. The first-order valence-electron chi connectivity index (χ1n) is 9.96. The molecule has 0 aromatic heterocycles. The van der Waals surface area contributed by atoms with Gasteiger partial charge in [0.15, 0.2) is 0 Å². The maximum Gasteiger partial charge on any atom is 0.121 e. The van der Waals surface area contributed by atoms with Crippen LogP contribution in [0.15, 0.2) is 48.5 Å². The van der Waals surface area contributed by atoms with E-state index in [9.17, 15) is 0 Å². The van der Waals surface area contributed by atoms with Crippen LogP contribution in [0.2, 0.25) is 0 Å². The predicted molar refractivity (Wildman–Crippen MR) is 115 cm³/mol. The van der Waals surface area contributed by atoms with Crippen LogP contribution in [0, 0.1) is 11.8 Å². The summed E-state index contributed by atoms with van der Waals surface area (Å²) in [4.78, 5) is 0. The van der Waals surface area contributed by atoms with Crippen molar-refractivity contribution >= 4 is 11.4 Å². The monoisotopic (exact) mass is 370 g/mol. The highest BCUT2D eigenvalue weighted by Gasteiger charge is 2.00. The summed E-state index contributed by atoms with van der Waals surface area (Å²) in [7, 11) is 0. The lowest BCUT2D eigenvalue weighted by Crippen LogP contribution is -2.13. The van der Waals surface area contributed by atoms with Crippen molar-refractivity contribution in [1.29, 1.82) is 0 Å². The molecule has 0 radical (unpaired) electrons. The van der Waals surface area contributed by atoms with E-state index in [0.29, 0.717) is 11.8 Å². The Bertz CT molecular complexity index is 654. The summed E-state index contributed by atoms with van der Waals surface area (Å²) in [5, 5.41) is 6.85. The van der Waals surface area contributed by atoms with Crippen molar-refractivity contribution in [3.05, 3.63) is 48.5 Å². The van der Waals surface area contributed by atoms with Crippen LogP contribution in [0.25, 0.3) is 0 Å². The fourth-order valence-electron chi connectivity index (χ4n) is 2.45. The van der Waals surface area contributed by atoms with E-state index >= 15 is 0 Å². The minimum atomic E-state index is 0.535. The zero-order valence-electron chi connectivity index (χ0n) is 17.1. The number of hydrogen-bond acceptors (Lipinski definition) is 4. The smallest absolute Gasteiger partial charge is 0.121 e. The molecule has 0 unspecified atom stereocenters. The molecule has 0 atom stereocenters. The molecular formula is C23H34N2O2. The Hall–Kier alpha value is -2.36. The standard InChI is InChI=1S/C23H34N2O2/c1-18(2)12-15-26-23-7-5-6-21(16-23)25-14-13-24-20-8-10-22(11-9-20)27-17-19(3)4/h5-11,16,18-19,24-25H,12-15,17H2,1-4H3. The van der Waals surface area contributed by atoms with E-state index in [0.717, 1.165) is 55.6 Å². The molecule has 0 heterocycles. The Morgan fingerprint density at radius 1 is 0.741 bits per heavy atom. The van der Waals surface area contributed by atoms with Crippen LogP contribution in [0.1, 0.15) is 34.1 Å². The van der Waals surface area contributed by atoms with Crippen LogP contribution in [0.4, 0.5) is 11.4 Å². The van der Waals surface area contributed by atoms with Gasteiger partial charge < -0.3 is 20.1 Å². The van der Waals surface area contributed by atoms with Crippen LogP contribution in [0.5, 0.6) is 11.5 Å². The first-order chi connectivity index (χ1) is 13.0. The van der Waals surface area contributed by atoms with Crippen molar-refractivity contribution in [2.24, 2.45) is 11.8 Å². The Balaban J connectivity index is 1.69. The van der Waals surface area contributed by atoms with E-state index in [1.54, 1.807) is 0 Å². The minimum Gasteiger partial charge on any atom is -0.494 e. The second-order valence-electron chi connectivity index (χ2n) is 7.64. The van der Waals surface area contributed by atoms with Crippen LogP contribution >= 0.6 is 0 Å². The summed E-state index contributed by atoms with van der Waals surface area (Å²) in [6.45, 7) is 11.9. The van der Waals surface area contributed by atoms with Crippen molar-refractivity contribution in [3.63, 3.8) is 0 Å². The van der Waals surface area contributed by atoms with Gasteiger partial charge in [0, 0.05) is 30.5 Å². The zero-order valence-corrected chi connectivity index (χ0v) is 17.1. The molecule has 0 saturated heterocycles. The summed E-state index contributed by atoms with van der Waals surface area (Å²) >= 11 is 0. The number of hydrogen-bond donors (Lipinski definition) is 2. The topological polar surface area (TPSA) is 42.5 Å². The average Bonchev–Trinajstić information content (AvgIpc) is 2.64. The van der Waals surface area contributed by atoms with E-state index in [-0.39, 0.29) is 0 Å². The molecule has 27 heavy (non-hydrogen) atoms. The molecule has 2 N–H and O–H groups in total. The minimum absolute atomic E-state index is 0.535. The van der Waals surface area contributed by atoms with Gasteiger partial charge >= 0.3 is 0 Å². The van der Waals surface area contributed by atoms with Crippen LogP contribution < -0.4 is 20.1 Å². The molecule has 0 fully saturated rings. The van der Waals surface area contributed by atoms with Crippen LogP contribution in [0.3, 0.4) is 0 Å². The normalized spacial score (nSPS) is 10.9. The quantitative estimate of drug-likeness (QED) is 0.472. The Morgan fingerprint density at radius 3 is 2.11 bits per heavy atom. The third-order valence-corrected chi connectivity index (χ3v) is 4.02. The highest BCUT2D eigenvalue weighted by atomic mass is 16.5. The molecule has 0 bridgehead atoms. The lowest BCUT2D eigenvalue weighted by Gasteiger charge is -2.12. The molecule has 0 amide bonds. The number of anilines is 2. The van der Waals surface area contributed by atoms with E-state index in [1.807, 2.05) is 24.3 Å². The molecule has 4 nitrogen and oxygen atoms in total. The number of ether oxygens (including phenoxy) is 2. The number of nitrogens with one attached hydrogen (secondary N) is 2. The third-order valence-electron chi connectivity index (χ3n) is 4.02. The lowest BCUT2D eigenvalue weighted by atomic mass is 10.1. The van der Waals surface area contributed by atoms with Crippen molar-refractivity contribution in [2.75, 3.05) is 36.9 Å². The molecule has 4 heteroatoms. The second-order valence-corrected chi connectivity index (χ2v) is 7.64. The average molecular weight is 371 g/mol. The molecule has 0 spiro atoms. The third kappa shape index (κ3) is 8.72. The lowest BCUT2D eigenvalue weighted by molar-refractivity contribution is 0.271. The highest BCUT2D eigenvalue weighted by Crippen LogP contribution is 2.18. The second kappa shape index (κ2) is 11.4. The van der Waals surface area contributed by atoms with E-state index in [2.05, 4.69) is 62.6 Å². The molecule has 148 valence electrons. The van der Waals surface area contributed by atoms with Crippen LogP contribution in [-0.4, -0.2) is 26.3 Å². The maximum atomic E-state index is 5.81. The predicted octanol–water partition coefficient (Wildman–Crippen LogP) is 5.67. The van der Waals surface area contributed by atoms with Gasteiger partial charge in [-0.15, -0.1) is 0 Å². The van der Waals surface area contributed by atoms with Crippen molar-refractivity contribution in [2.45, 2.75) is 34.1 Å². The van der Waals surface area contributed by atoms with Gasteiger partial charge in [0.2, 0.25) is 0 Å². The van der Waals surface area contributed by atoms with Crippen molar-refractivity contribution in [3.8, 4) is 11.5 Å². The fourth-order valence-corrected chi connectivity index (χ4v) is 2.45. The van der Waals surface area contributed by atoms with Gasteiger partial charge in [0.1, 0.15) is 11.5 Å². The van der Waals surface area contributed by atoms with Gasteiger partial charge in [0.25, 0.3) is 0 Å². The van der Waals surface area contributed by atoms with Gasteiger partial charge in [-0.05, 0) is 54.7 Å².